The maximum Gasteiger partial charge on any atom is 0.416 e. The number of alkyl carbamates (subject to hydrolysis) is 1. The molecular formula is C26H32F3N3O4. The number of alkyl halides is 3. The number of hydrogen-bond acceptors (Lipinski definition) is 4. The molecule has 10 heteroatoms. The molecule has 0 aromatic heterocycles. The number of halogens is 3. The third kappa shape index (κ3) is 9.59. The van der Waals surface area contributed by atoms with Crippen LogP contribution in [0.1, 0.15) is 44.4 Å². The highest BCUT2D eigenvalue weighted by Gasteiger charge is 2.31. The van der Waals surface area contributed by atoms with Crippen LogP contribution in [-0.2, 0) is 33.3 Å². The molecule has 0 aliphatic rings. The fourth-order valence-electron chi connectivity index (χ4n) is 3.35. The molecular weight excluding hydrogens is 475 g/mol. The molecule has 0 heterocycles. The van der Waals surface area contributed by atoms with Crippen LogP contribution >= 0.6 is 0 Å². The molecule has 0 aliphatic carbocycles. The first-order valence-corrected chi connectivity index (χ1v) is 11.6. The van der Waals surface area contributed by atoms with Crippen molar-refractivity contribution in [1.29, 1.82) is 0 Å². The third-order valence-electron chi connectivity index (χ3n) is 5.00. The molecule has 0 spiro atoms. The van der Waals surface area contributed by atoms with E-state index in [0.717, 1.165) is 17.7 Å². The van der Waals surface area contributed by atoms with Crippen LogP contribution in [0.5, 0.6) is 0 Å². The molecule has 0 saturated carbocycles. The summed E-state index contributed by atoms with van der Waals surface area (Å²) in [6.07, 6.45) is -5.28. The van der Waals surface area contributed by atoms with Crippen molar-refractivity contribution in [3.05, 3.63) is 71.3 Å². The van der Waals surface area contributed by atoms with Crippen LogP contribution in [0.4, 0.5) is 18.0 Å². The molecule has 0 fully saturated rings. The van der Waals surface area contributed by atoms with Gasteiger partial charge in [0.2, 0.25) is 11.8 Å². The van der Waals surface area contributed by atoms with E-state index in [-0.39, 0.29) is 12.8 Å². The number of carbonyl (C=O) groups excluding carboxylic acids is 3. The van der Waals surface area contributed by atoms with Crippen LogP contribution in [0.3, 0.4) is 0 Å². The van der Waals surface area contributed by atoms with Crippen molar-refractivity contribution in [1.82, 2.24) is 16.0 Å². The van der Waals surface area contributed by atoms with Crippen molar-refractivity contribution in [2.24, 2.45) is 0 Å². The number of rotatable bonds is 9. The second-order valence-electron chi connectivity index (χ2n) is 9.24. The lowest BCUT2D eigenvalue weighted by atomic mass is 10.0. The molecule has 196 valence electrons. The minimum atomic E-state index is -4.50. The van der Waals surface area contributed by atoms with Gasteiger partial charge in [0.1, 0.15) is 17.7 Å². The molecule has 2 rings (SSSR count). The van der Waals surface area contributed by atoms with Crippen LogP contribution in [0.2, 0.25) is 0 Å². The minimum Gasteiger partial charge on any atom is -0.444 e. The smallest absolute Gasteiger partial charge is 0.416 e. The van der Waals surface area contributed by atoms with Crippen molar-refractivity contribution in [2.45, 2.75) is 64.4 Å². The molecule has 3 amide bonds. The normalized spacial score (nSPS) is 13.3. The number of ether oxygens (including phenoxy) is 1. The van der Waals surface area contributed by atoms with E-state index in [2.05, 4.69) is 16.0 Å². The van der Waals surface area contributed by atoms with E-state index in [4.69, 9.17) is 4.74 Å². The highest BCUT2D eigenvalue weighted by molar-refractivity contribution is 5.91. The van der Waals surface area contributed by atoms with Gasteiger partial charge in [0.15, 0.2) is 0 Å². The Morgan fingerprint density at radius 3 is 1.83 bits per heavy atom. The SMILES string of the molecule is CCNC(=O)[C@@H](Cc1ccccc1)NC(=O)[C@@H](Cc1ccc(C(F)(F)F)cc1)NC(=O)OC(C)(C)C. The summed E-state index contributed by atoms with van der Waals surface area (Å²) in [5.74, 6) is -1.08. The summed E-state index contributed by atoms with van der Waals surface area (Å²) >= 11 is 0. The number of hydrogen-bond donors (Lipinski definition) is 3. The van der Waals surface area contributed by atoms with Gasteiger partial charge < -0.3 is 20.7 Å². The molecule has 7 nitrogen and oxygen atoms in total. The van der Waals surface area contributed by atoms with E-state index in [1.807, 2.05) is 30.3 Å². The quantitative estimate of drug-likeness (QED) is 0.478. The first-order chi connectivity index (χ1) is 16.8. The molecule has 2 aromatic rings. The Morgan fingerprint density at radius 2 is 1.33 bits per heavy atom. The second-order valence-corrected chi connectivity index (χ2v) is 9.24. The summed E-state index contributed by atoms with van der Waals surface area (Å²) < 4.78 is 44.0. The van der Waals surface area contributed by atoms with Gasteiger partial charge in [-0.1, -0.05) is 42.5 Å². The highest BCUT2D eigenvalue weighted by Crippen LogP contribution is 2.29. The zero-order chi connectivity index (χ0) is 26.9. The summed E-state index contributed by atoms with van der Waals surface area (Å²) in [7, 11) is 0. The van der Waals surface area contributed by atoms with Crippen molar-refractivity contribution in [3.63, 3.8) is 0 Å². The van der Waals surface area contributed by atoms with E-state index in [0.29, 0.717) is 12.1 Å². The van der Waals surface area contributed by atoms with Crippen molar-refractivity contribution in [3.8, 4) is 0 Å². The molecule has 3 N–H and O–H groups in total. The predicted molar refractivity (Wildman–Crippen MR) is 129 cm³/mol. The zero-order valence-electron chi connectivity index (χ0n) is 20.7. The van der Waals surface area contributed by atoms with E-state index < -0.39 is 47.3 Å². The Labute approximate surface area is 208 Å². The van der Waals surface area contributed by atoms with Gasteiger partial charge in [-0.25, -0.2) is 4.79 Å². The lowest BCUT2D eigenvalue weighted by molar-refractivity contribution is -0.137. The van der Waals surface area contributed by atoms with Gasteiger partial charge in [0, 0.05) is 19.4 Å². The predicted octanol–water partition coefficient (Wildman–Crippen LogP) is 4.00. The van der Waals surface area contributed by atoms with Crippen LogP contribution in [0, 0.1) is 0 Å². The molecule has 0 unspecified atom stereocenters. The number of benzene rings is 2. The minimum absolute atomic E-state index is 0.114. The van der Waals surface area contributed by atoms with Gasteiger partial charge in [-0.15, -0.1) is 0 Å². The lowest BCUT2D eigenvalue weighted by Gasteiger charge is -2.25. The Hall–Kier alpha value is -3.56. The highest BCUT2D eigenvalue weighted by atomic mass is 19.4. The van der Waals surface area contributed by atoms with Gasteiger partial charge >= 0.3 is 12.3 Å². The zero-order valence-corrected chi connectivity index (χ0v) is 20.7. The van der Waals surface area contributed by atoms with Gasteiger partial charge in [0.25, 0.3) is 0 Å². The average Bonchev–Trinajstić information content (AvgIpc) is 2.77. The summed E-state index contributed by atoms with van der Waals surface area (Å²) in [6, 6.07) is 11.2. The Kier molecular flexibility index (Phi) is 9.89. The molecule has 0 saturated heterocycles. The Bertz CT molecular complexity index is 1020. The van der Waals surface area contributed by atoms with Crippen molar-refractivity contribution in [2.75, 3.05) is 6.54 Å². The third-order valence-corrected chi connectivity index (χ3v) is 5.00. The molecule has 36 heavy (non-hydrogen) atoms. The molecule has 0 radical (unpaired) electrons. The number of carbonyl (C=O) groups is 3. The number of amides is 3. The maximum atomic E-state index is 13.2. The Balaban J connectivity index is 2.26. The molecule has 2 aromatic carbocycles. The van der Waals surface area contributed by atoms with E-state index in [1.165, 1.54) is 12.1 Å². The monoisotopic (exact) mass is 507 g/mol. The van der Waals surface area contributed by atoms with Gasteiger partial charge in [-0.2, -0.15) is 13.2 Å². The summed E-state index contributed by atoms with van der Waals surface area (Å²) in [5, 5.41) is 7.83. The van der Waals surface area contributed by atoms with Crippen LogP contribution in [-0.4, -0.2) is 42.1 Å². The summed E-state index contributed by atoms with van der Waals surface area (Å²) in [6.45, 7) is 7.06. The van der Waals surface area contributed by atoms with Crippen molar-refractivity contribution >= 4 is 17.9 Å². The van der Waals surface area contributed by atoms with E-state index in [1.54, 1.807) is 27.7 Å². The maximum absolute atomic E-state index is 13.2. The van der Waals surface area contributed by atoms with Crippen LogP contribution < -0.4 is 16.0 Å². The van der Waals surface area contributed by atoms with Gasteiger partial charge in [-0.3, -0.25) is 9.59 Å². The Morgan fingerprint density at radius 1 is 0.806 bits per heavy atom. The number of nitrogens with one attached hydrogen (secondary N) is 3. The number of likely N-dealkylation sites (N-methyl/N-ethyl adjacent to an activating group) is 1. The van der Waals surface area contributed by atoms with Crippen molar-refractivity contribution < 1.29 is 32.3 Å². The second kappa shape index (κ2) is 12.4. The fraction of sp³-hybridized carbons (Fsp3) is 0.423. The summed E-state index contributed by atoms with van der Waals surface area (Å²) in [5.41, 5.74) is -0.465. The molecule has 0 bridgehead atoms. The first kappa shape index (κ1) is 28.7. The topological polar surface area (TPSA) is 96.5 Å². The first-order valence-electron chi connectivity index (χ1n) is 11.6. The largest absolute Gasteiger partial charge is 0.444 e. The van der Waals surface area contributed by atoms with Gasteiger partial charge in [-0.05, 0) is 51.0 Å². The molecule has 2 atom stereocenters. The van der Waals surface area contributed by atoms with Crippen LogP contribution in [0.15, 0.2) is 54.6 Å². The van der Waals surface area contributed by atoms with E-state index >= 15 is 0 Å². The van der Waals surface area contributed by atoms with E-state index in [9.17, 15) is 27.6 Å². The fourth-order valence-corrected chi connectivity index (χ4v) is 3.35. The van der Waals surface area contributed by atoms with Gasteiger partial charge in [0.05, 0.1) is 5.56 Å². The lowest BCUT2D eigenvalue weighted by Crippen LogP contribution is -2.55. The standard InChI is InChI=1S/C26H32F3N3O4/c1-5-30-22(33)20(15-17-9-7-6-8-10-17)31-23(34)21(32-24(35)36-25(2,3)4)16-18-11-13-19(14-12-18)26(27,28)29/h6-14,20-21H,5,15-16H2,1-4H3,(H,30,33)(H,31,34)(H,32,35)/t20-,21-/m1/s1. The average molecular weight is 508 g/mol. The summed E-state index contributed by atoms with van der Waals surface area (Å²) in [4.78, 5) is 38.3. The molecule has 0 aliphatic heterocycles. The van der Waals surface area contributed by atoms with Crippen LogP contribution in [0.25, 0.3) is 0 Å².